The Kier molecular flexibility index (Phi) is 11.5. The van der Waals surface area contributed by atoms with Gasteiger partial charge < -0.3 is 25.4 Å². The van der Waals surface area contributed by atoms with Gasteiger partial charge in [0.1, 0.15) is 6.04 Å². The molecule has 0 saturated carbocycles. The Bertz CT molecular complexity index is 1610. The van der Waals surface area contributed by atoms with Crippen molar-refractivity contribution in [3.05, 3.63) is 72.3 Å². The summed E-state index contributed by atoms with van der Waals surface area (Å²) in [5.41, 5.74) is 0.763. The number of benzene rings is 2. The molecule has 3 amide bonds. The normalized spacial score (nSPS) is 26.3. The number of anilines is 1. The third-order valence-corrected chi connectivity index (χ3v) is 12.1. The molecule has 0 radical (unpaired) electrons. The number of likely N-dealkylation sites (tertiary alicyclic amines) is 1. The van der Waals surface area contributed by atoms with Gasteiger partial charge >= 0.3 is 0 Å². The summed E-state index contributed by atoms with van der Waals surface area (Å²) in [7, 11) is -3.69. The van der Waals surface area contributed by atoms with Crippen molar-refractivity contribution in [2.24, 2.45) is 11.3 Å². The topological polar surface area (TPSA) is 146 Å². The van der Waals surface area contributed by atoms with Crippen LogP contribution in [0.3, 0.4) is 0 Å². The number of hydrogen-bond acceptors (Lipinski definition) is 8. The SMILES string of the molecule is O=C(CN1CC[C@H]2NC(=O)[C@@H](Cc3ccccc3)NC(=O)C3(C/C=C/C[C@H]2C1)CCOCC3)Nc1cccc(S(=O)(=O)N2CCOCC2)c1. The van der Waals surface area contributed by atoms with Crippen molar-refractivity contribution in [2.75, 3.05) is 64.5 Å². The first-order chi connectivity index (χ1) is 23.7. The predicted molar refractivity (Wildman–Crippen MR) is 184 cm³/mol. The number of nitrogens with zero attached hydrogens (tertiary/aromatic N) is 2. The van der Waals surface area contributed by atoms with Gasteiger partial charge in [0, 0.05) is 57.5 Å². The van der Waals surface area contributed by atoms with Crippen LogP contribution >= 0.6 is 0 Å². The molecule has 12 nitrogen and oxygen atoms in total. The molecule has 3 N–H and O–H groups in total. The number of carbonyl (C=O) groups is 3. The maximum atomic E-state index is 13.9. The third-order valence-electron chi connectivity index (χ3n) is 10.2. The van der Waals surface area contributed by atoms with Crippen molar-refractivity contribution in [1.82, 2.24) is 19.8 Å². The summed E-state index contributed by atoms with van der Waals surface area (Å²) in [6.07, 6.45) is 7.72. The molecule has 4 aliphatic rings. The number of ether oxygens (including phenoxy) is 2. The summed E-state index contributed by atoms with van der Waals surface area (Å²) in [6.45, 7) is 3.65. The molecule has 6 rings (SSSR count). The fraction of sp³-hybridized carbons (Fsp3) is 0.528. The molecule has 3 saturated heterocycles. The molecule has 13 heteroatoms. The van der Waals surface area contributed by atoms with E-state index in [4.69, 9.17) is 9.47 Å². The molecule has 3 atom stereocenters. The van der Waals surface area contributed by atoms with Crippen molar-refractivity contribution >= 4 is 33.4 Å². The summed E-state index contributed by atoms with van der Waals surface area (Å²) in [6, 6.07) is 15.2. The van der Waals surface area contributed by atoms with E-state index in [1.54, 1.807) is 12.1 Å². The predicted octanol–water partition coefficient (Wildman–Crippen LogP) is 2.33. The number of amides is 3. The van der Waals surface area contributed by atoms with Crippen LogP contribution in [0.25, 0.3) is 0 Å². The molecule has 2 aromatic carbocycles. The van der Waals surface area contributed by atoms with Gasteiger partial charge in [-0.05, 0) is 61.8 Å². The lowest BCUT2D eigenvalue weighted by Gasteiger charge is -2.40. The van der Waals surface area contributed by atoms with E-state index in [1.807, 2.05) is 30.3 Å². The molecule has 4 heterocycles. The number of carbonyl (C=O) groups excluding carboxylic acids is 3. The Labute approximate surface area is 288 Å². The van der Waals surface area contributed by atoms with Crippen LogP contribution in [0.5, 0.6) is 0 Å². The minimum atomic E-state index is -3.69. The van der Waals surface area contributed by atoms with E-state index in [9.17, 15) is 22.8 Å². The van der Waals surface area contributed by atoms with Gasteiger partial charge in [-0.25, -0.2) is 8.42 Å². The molecule has 3 fully saturated rings. The summed E-state index contributed by atoms with van der Waals surface area (Å²) in [5, 5.41) is 9.28. The average Bonchev–Trinajstić information content (AvgIpc) is 3.11. The smallest absolute Gasteiger partial charge is 0.243 e. The van der Waals surface area contributed by atoms with Crippen LogP contribution in [0.2, 0.25) is 0 Å². The fourth-order valence-corrected chi connectivity index (χ4v) is 8.73. The van der Waals surface area contributed by atoms with E-state index in [2.05, 4.69) is 33.0 Å². The number of nitrogens with one attached hydrogen (secondary N) is 3. The first-order valence-electron chi connectivity index (χ1n) is 17.3. The quantitative estimate of drug-likeness (QED) is 0.375. The molecule has 264 valence electrons. The Hall–Kier alpha value is -3.62. The van der Waals surface area contributed by atoms with E-state index in [-0.39, 0.29) is 41.1 Å². The maximum absolute atomic E-state index is 13.9. The number of morpholine rings is 1. The highest BCUT2D eigenvalue weighted by atomic mass is 32.2. The monoisotopic (exact) mass is 693 g/mol. The molecule has 0 bridgehead atoms. The van der Waals surface area contributed by atoms with Crippen molar-refractivity contribution in [3.8, 4) is 0 Å². The fourth-order valence-electron chi connectivity index (χ4n) is 7.27. The van der Waals surface area contributed by atoms with E-state index < -0.39 is 21.5 Å². The van der Waals surface area contributed by atoms with Gasteiger partial charge in [-0.3, -0.25) is 19.3 Å². The number of rotatable bonds is 7. The molecular formula is C36H47N5O7S. The molecule has 0 aliphatic carbocycles. The minimum Gasteiger partial charge on any atom is -0.381 e. The lowest BCUT2D eigenvalue weighted by Crippen LogP contribution is -2.58. The van der Waals surface area contributed by atoms with Gasteiger partial charge in [0.05, 0.1) is 30.1 Å². The summed E-state index contributed by atoms with van der Waals surface area (Å²) in [4.78, 5) is 43.1. The first-order valence-corrected chi connectivity index (χ1v) is 18.7. The van der Waals surface area contributed by atoms with Crippen molar-refractivity contribution in [3.63, 3.8) is 0 Å². The van der Waals surface area contributed by atoms with Crippen molar-refractivity contribution in [1.29, 1.82) is 0 Å². The zero-order chi connectivity index (χ0) is 34.3. The molecule has 0 aromatic heterocycles. The van der Waals surface area contributed by atoms with Gasteiger partial charge in [-0.2, -0.15) is 4.31 Å². The van der Waals surface area contributed by atoms with Crippen LogP contribution in [0.4, 0.5) is 5.69 Å². The zero-order valence-corrected chi connectivity index (χ0v) is 28.7. The Morgan fingerprint density at radius 3 is 2.45 bits per heavy atom. The van der Waals surface area contributed by atoms with E-state index in [1.165, 1.54) is 16.4 Å². The standard InChI is InChI=1S/C36H47N5O7S/c42-33(37-29-10-6-11-30(24-29)49(45,46)41-17-21-48-22-18-41)26-40-16-12-31-28(25-40)9-4-5-13-36(14-19-47-20-15-36)35(44)39-32(34(43)38-31)23-27-7-2-1-3-8-27/h1-8,10-11,24,28,31-32H,9,12-23,25-26H2,(H,37,42)(H,38,43)(H,39,44)/b5-4+/t28-,31+,32+/m0/s1. The second-order valence-corrected chi connectivity index (χ2v) is 15.4. The summed E-state index contributed by atoms with van der Waals surface area (Å²) < 4.78 is 38.6. The summed E-state index contributed by atoms with van der Waals surface area (Å²) in [5.74, 6) is -0.475. The van der Waals surface area contributed by atoms with Crippen LogP contribution in [0.1, 0.15) is 37.7 Å². The largest absolute Gasteiger partial charge is 0.381 e. The summed E-state index contributed by atoms with van der Waals surface area (Å²) >= 11 is 0. The lowest BCUT2D eigenvalue weighted by molar-refractivity contribution is -0.140. The van der Waals surface area contributed by atoms with Crippen LogP contribution in [0, 0.1) is 11.3 Å². The van der Waals surface area contributed by atoms with Crippen molar-refractivity contribution < 1.29 is 32.3 Å². The number of hydrogen-bond donors (Lipinski definition) is 3. The van der Waals surface area contributed by atoms with Gasteiger partial charge in [0.2, 0.25) is 27.7 Å². The number of allylic oxidation sites excluding steroid dienone is 2. The highest BCUT2D eigenvalue weighted by molar-refractivity contribution is 7.89. The highest BCUT2D eigenvalue weighted by Gasteiger charge is 2.41. The lowest BCUT2D eigenvalue weighted by atomic mass is 9.75. The van der Waals surface area contributed by atoms with Gasteiger partial charge in [-0.1, -0.05) is 48.6 Å². The minimum absolute atomic E-state index is 0.0573. The second kappa shape index (κ2) is 15.9. The number of fused-ring (bicyclic) bond motifs is 1. The Balaban J connectivity index is 1.13. The molecule has 1 spiro atoms. The zero-order valence-electron chi connectivity index (χ0n) is 27.8. The Morgan fingerprint density at radius 2 is 1.67 bits per heavy atom. The molecule has 2 aromatic rings. The van der Waals surface area contributed by atoms with Gasteiger partial charge in [0.15, 0.2) is 0 Å². The number of sulfonamides is 1. The van der Waals surface area contributed by atoms with Crippen LogP contribution in [-0.4, -0.2) is 107 Å². The van der Waals surface area contributed by atoms with Crippen LogP contribution in [0.15, 0.2) is 71.6 Å². The third kappa shape index (κ3) is 8.76. The average molecular weight is 694 g/mol. The number of piperidine rings is 1. The molecule has 0 unspecified atom stereocenters. The van der Waals surface area contributed by atoms with E-state index >= 15 is 0 Å². The van der Waals surface area contributed by atoms with Gasteiger partial charge in [0.25, 0.3) is 0 Å². The molecule has 4 aliphatic heterocycles. The van der Waals surface area contributed by atoms with E-state index in [0.717, 1.165) is 5.56 Å². The highest BCUT2D eigenvalue weighted by Crippen LogP contribution is 2.36. The van der Waals surface area contributed by atoms with Crippen LogP contribution < -0.4 is 16.0 Å². The molecule has 49 heavy (non-hydrogen) atoms. The van der Waals surface area contributed by atoms with E-state index in [0.29, 0.717) is 96.8 Å². The maximum Gasteiger partial charge on any atom is 0.243 e. The Morgan fingerprint density at radius 1 is 0.918 bits per heavy atom. The first kappa shape index (κ1) is 35.2. The van der Waals surface area contributed by atoms with Crippen LogP contribution in [-0.2, 0) is 40.3 Å². The van der Waals surface area contributed by atoms with Gasteiger partial charge in [-0.15, -0.1) is 0 Å². The van der Waals surface area contributed by atoms with Crippen molar-refractivity contribution in [2.45, 2.75) is 55.5 Å². The second-order valence-electron chi connectivity index (χ2n) is 13.5. The molecular weight excluding hydrogens is 646 g/mol.